The maximum absolute atomic E-state index is 10.2. The Hall–Kier alpha value is -1.67. The second kappa shape index (κ2) is 5.98. The van der Waals surface area contributed by atoms with Crippen molar-refractivity contribution in [1.29, 1.82) is 0 Å². The van der Waals surface area contributed by atoms with Crippen molar-refractivity contribution in [3.8, 4) is 0 Å². The highest BCUT2D eigenvalue weighted by molar-refractivity contribution is 5.17. The Labute approximate surface area is 120 Å². The third kappa shape index (κ3) is 2.60. The molecule has 0 aromatic heterocycles. The molecule has 1 unspecified atom stereocenters. The van der Waals surface area contributed by atoms with E-state index in [4.69, 9.17) is 19.7 Å². The zero-order chi connectivity index (χ0) is 14.8. The molecule has 0 radical (unpaired) electrons. The number of hydrogen-bond acceptors (Lipinski definition) is 6. The number of aliphatic hydroxyl groups excluding tert-OH is 2. The number of ether oxygens (including phenoxy) is 3. The van der Waals surface area contributed by atoms with Crippen molar-refractivity contribution in [3.05, 3.63) is 46.3 Å². The first-order chi connectivity index (χ1) is 10.2. The van der Waals surface area contributed by atoms with Gasteiger partial charge in [-0.15, -0.1) is 0 Å². The van der Waals surface area contributed by atoms with E-state index in [1.54, 1.807) is 0 Å². The number of hydrogen-bond donors (Lipinski definition) is 2. The molecule has 0 aliphatic carbocycles. The van der Waals surface area contributed by atoms with Crippen molar-refractivity contribution in [2.75, 3.05) is 6.61 Å². The average Bonchev–Trinajstić information content (AvgIpc) is 3.06. The topological polar surface area (TPSA) is 117 Å². The van der Waals surface area contributed by atoms with E-state index in [2.05, 4.69) is 10.0 Å². The molecule has 2 fully saturated rings. The second-order valence-electron chi connectivity index (χ2n) is 4.89. The van der Waals surface area contributed by atoms with E-state index in [9.17, 15) is 10.2 Å². The number of benzene rings is 1. The Balaban J connectivity index is 1.71. The van der Waals surface area contributed by atoms with E-state index in [1.807, 2.05) is 30.3 Å². The van der Waals surface area contributed by atoms with Crippen LogP contribution in [0.15, 0.2) is 35.4 Å². The van der Waals surface area contributed by atoms with E-state index >= 15 is 0 Å². The van der Waals surface area contributed by atoms with Crippen molar-refractivity contribution in [3.63, 3.8) is 0 Å². The van der Waals surface area contributed by atoms with Crippen LogP contribution in [0.2, 0.25) is 0 Å². The summed E-state index contributed by atoms with van der Waals surface area (Å²) in [7, 11) is 0. The highest BCUT2D eigenvalue weighted by atomic mass is 16.8. The maximum Gasteiger partial charge on any atom is 0.190 e. The summed E-state index contributed by atoms with van der Waals surface area (Å²) >= 11 is 0. The Morgan fingerprint density at radius 3 is 2.62 bits per heavy atom. The van der Waals surface area contributed by atoms with Gasteiger partial charge in [0.05, 0.1) is 12.6 Å². The fourth-order valence-corrected chi connectivity index (χ4v) is 2.57. The molecule has 2 heterocycles. The van der Waals surface area contributed by atoms with Crippen molar-refractivity contribution in [1.82, 2.24) is 0 Å². The third-order valence-corrected chi connectivity index (χ3v) is 3.61. The van der Waals surface area contributed by atoms with Gasteiger partial charge >= 0.3 is 0 Å². The van der Waals surface area contributed by atoms with Crippen LogP contribution in [0.25, 0.3) is 10.4 Å². The van der Waals surface area contributed by atoms with Crippen LogP contribution >= 0.6 is 0 Å². The third-order valence-electron chi connectivity index (χ3n) is 3.61. The highest BCUT2D eigenvalue weighted by Gasteiger charge is 2.53. The van der Waals surface area contributed by atoms with Gasteiger partial charge in [-0.1, -0.05) is 35.4 Å². The normalized spacial score (nSPS) is 36.0. The largest absolute Gasteiger partial charge is 0.396 e. The lowest BCUT2D eigenvalue weighted by atomic mass is 10.1. The Bertz CT molecular complexity index is 536. The van der Waals surface area contributed by atoms with Crippen LogP contribution in [0, 0.1) is 0 Å². The van der Waals surface area contributed by atoms with Gasteiger partial charge in [0.2, 0.25) is 0 Å². The molecular weight excluding hydrogens is 278 g/mol. The molecule has 2 aliphatic heterocycles. The van der Waals surface area contributed by atoms with E-state index in [-0.39, 0.29) is 0 Å². The van der Waals surface area contributed by atoms with Crippen LogP contribution in [-0.4, -0.2) is 47.5 Å². The Kier molecular flexibility index (Phi) is 4.07. The fourth-order valence-electron chi connectivity index (χ4n) is 2.57. The monoisotopic (exact) mass is 293 g/mol. The molecular formula is C13H15N3O5. The molecule has 2 saturated heterocycles. The quantitative estimate of drug-likeness (QED) is 0.485. The van der Waals surface area contributed by atoms with E-state index in [1.165, 1.54) is 0 Å². The first-order valence-electron chi connectivity index (χ1n) is 6.59. The summed E-state index contributed by atoms with van der Waals surface area (Å²) in [4.78, 5) is 2.63. The molecule has 8 nitrogen and oxygen atoms in total. The zero-order valence-electron chi connectivity index (χ0n) is 11.0. The summed E-state index contributed by atoms with van der Waals surface area (Å²) in [6.45, 7) is -0.423. The highest BCUT2D eigenvalue weighted by Crippen LogP contribution is 2.40. The van der Waals surface area contributed by atoms with Crippen LogP contribution < -0.4 is 0 Å². The molecule has 6 atom stereocenters. The lowest BCUT2D eigenvalue weighted by molar-refractivity contribution is -0.175. The van der Waals surface area contributed by atoms with Crippen molar-refractivity contribution < 1.29 is 24.4 Å². The molecule has 1 aromatic rings. The molecule has 112 valence electrons. The van der Waals surface area contributed by atoms with Gasteiger partial charge < -0.3 is 24.4 Å². The summed E-state index contributed by atoms with van der Waals surface area (Å²) in [5, 5.41) is 22.8. The predicted octanol–water partition coefficient (Wildman–Crippen LogP) is 0.858. The van der Waals surface area contributed by atoms with Crippen LogP contribution in [0.1, 0.15) is 11.9 Å². The molecule has 2 N–H and O–H groups in total. The maximum atomic E-state index is 10.2. The molecule has 0 spiro atoms. The molecule has 1 aromatic carbocycles. The van der Waals surface area contributed by atoms with Gasteiger partial charge in [0.25, 0.3) is 0 Å². The minimum Gasteiger partial charge on any atom is -0.396 e. The zero-order valence-corrected chi connectivity index (χ0v) is 11.0. The van der Waals surface area contributed by atoms with Crippen molar-refractivity contribution in [2.24, 2.45) is 5.11 Å². The van der Waals surface area contributed by atoms with Crippen LogP contribution in [-0.2, 0) is 14.2 Å². The summed E-state index contributed by atoms with van der Waals surface area (Å²) in [5.41, 5.74) is 9.28. The minimum atomic E-state index is -1.04. The van der Waals surface area contributed by atoms with Crippen molar-refractivity contribution in [2.45, 2.75) is 36.9 Å². The first kappa shape index (κ1) is 14.3. The van der Waals surface area contributed by atoms with Gasteiger partial charge in [0.1, 0.15) is 18.3 Å². The number of azide groups is 1. The van der Waals surface area contributed by atoms with Gasteiger partial charge in [-0.2, -0.15) is 0 Å². The van der Waals surface area contributed by atoms with Gasteiger partial charge in [-0.25, -0.2) is 0 Å². The first-order valence-corrected chi connectivity index (χ1v) is 6.59. The number of aliphatic hydroxyl groups is 2. The second-order valence-corrected chi connectivity index (χ2v) is 4.89. The summed E-state index contributed by atoms with van der Waals surface area (Å²) in [5.74, 6) is 0. The van der Waals surface area contributed by atoms with E-state index in [0.29, 0.717) is 0 Å². The van der Waals surface area contributed by atoms with Gasteiger partial charge in [-0.3, -0.25) is 0 Å². The number of nitrogens with zero attached hydrogens (tertiary/aromatic N) is 3. The number of rotatable bonds is 4. The smallest absolute Gasteiger partial charge is 0.190 e. The molecule has 8 heteroatoms. The molecule has 0 bridgehead atoms. The Morgan fingerprint density at radius 1 is 1.24 bits per heavy atom. The molecule has 2 aliphatic rings. The summed E-state index contributed by atoms with van der Waals surface area (Å²) in [6.07, 6.45) is -3.92. The summed E-state index contributed by atoms with van der Waals surface area (Å²) in [6, 6.07) is 8.43. The Morgan fingerprint density at radius 2 is 2.00 bits per heavy atom. The lowest BCUT2D eigenvalue weighted by Gasteiger charge is -2.22. The molecule has 0 amide bonds. The van der Waals surface area contributed by atoms with Crippen LogP contribution in [0.4, 0.5) is 0 Å². The minimum absolute atomic E-state index is 0.423. The van der Waals surface area contributed by atoms with Crippen molar-refractivity contribution >= 4 is 0 Å². The molecule has 0 saturated carbocycles. The van der Waals surface area contributed by atoms with Gasteiger partial charge in [0.15, 0.2) is 12.6 Å². The summed E-state index contributed by atoms with van der Waals surface area (Å²) < 4.78 is 16.8. The number of fused-ring (bicyclic) bond motifs is 1. The van der Waals surface area contributed by atoms with E-state index in [0.717, 1.165) is 5.56 Å². The van der Waals surface area contributed by atoms with Crippen LogP contribution in [0.5, 0.6) is 0 Å². The van der Waals surface area contributed by atoms with E-state index < -0.39 is 43.5 Å². The van der Waals surface area contributed by atoms with Gasteiger partial charge in [0, 0.05) is 10.5 Å². The fraction of sp³-hybridized carbons (Fsp3) is 0.538. The standard InChI is InChI=1S/C13H15N3O5/c14-16-15-8(6-17)10-9(18)11-13(19-10)21-12(20-11)7-4-2-1-3-5-7/h1-5,8-13,17-18H,6H2/t8-,9-,10+,11+,12?,13-/m1/s1. The molecule has 21 heavy (non-hydrogen) atoms. The molecule has 3 rings (SSSR count). The SMILES string of the molecule is [N-]=[N+]=N[C@H](CO)[C@@H]1O[C@@H]2OC(c3ccccc3)O[C@H]2[C@@H]1O. The van der Waals surface area contributed by atoms with Gasteiger partial charge in [-0.05, 0) is 5.53 Å². The lowest BCUT2D eigenvalue weighted by Crippen LogP contribution is -2.40. The average molecular weight is 293 g/mol. The predicted molar refractivity (Wildman–Crippen MR) is 69.8 cm³/mol. The van der Waals surface area contributed by atoms with Crippen LogP contribution in [0.3, 0.4) is 0 Å².